The van der Waals surface area contributed by atoms with Crippen LogP contribution in [0.25, 0.3) is 32.7 Å². The minimum Gasteiger partial charge on any atom is -0.361 e. The van der Waals surface area contributed by atoms with Gasteiger partial charge in [-0.05, 0) is 54.7 Å². The van der Waals surface area contributed by atoms with Crippen molar-refractivity contribution in [2.24, 2.45) is 0 Å². The number of amides is 1. The van der Waals surface area contributed by atoms with Crippen LogP contribution in [-0.2, 0) is 11.3 Å². The van der Waals surface area contributed by atoms with Crippen LogP contribution in [0.15, 0.2) is 83.8 Å². The average molecular weight is 436 g/mol. The molecule has 1 N–H and O–H groups in total. The molecule has 164 valence electrons. The largest absolute Gasteiger partial charge is 0.361 e. The van der Waals surface area contributed by atoms with Gasteiger partial charge in [0.05, 0.1) is 11.0 Å². The van der Waals surface area contributed by atoms with E-state index < -0.39 is 0 Å². The minimum absolute atomic E-state index is 0.0180. The molecule has 5 nitrogen and oxygen atoms in total. The first-order chi connectivity index (χ1) is 16.2. The van der Waals surface area contributed by atoms with E-state index in [1.54, 1.807) is 0 Å². The van der Waals surface area contributed by atoms with E-state index in [4.69, 9.17) is 0 Å². The summed E-state index contributed by atoms with van der Waals surface area (Å²) < 4.78 is 2.00. The molecule has 0 saturated carbocycles. The Morgan fingerprint density at radius 1 is 0.818 bits per heavy atom. The fourth-order valence-corrected chi connectivity index (χ4v) is 5.35. The molecular weight excluding hydrogens is 410 g/mol. The second-order valence-corrected chi connectivity index (χ2v) is 8.89. The van der Waals surface area contributed by atoms with Crippen LogP contribution in [0.1, 0.15) is 24.3 Å². The van der Waals surface area contributed by atoms with Gasteiger partial charge in [0.2, 0.25) is 5.91 Å². The lowest BCUT2D eigenvalue weighted by atomic mass is 9.89. The molecule has 0 aliphatic carbocycles. The van der Waals surface area contributed by atoms with E-state index in [1.807, 2.05) is 64.1 Å². The van der Waals surface area contributed by atoms with Gasteiger partial charge in [-0.25, -0.2) is 0 Å². The molecule has 5 aromatic rings. The number of H-pyrrole nitrogens is 1. The number of nitrogens with one attached hydrogen (secondary N) is 1. The number of carbonyl (C=O) groups excluding carboxylic acids is 1. The Morgan fingerprint density at radius 3 is 2.06 bits per heavy atom. The third-order valence-electron chi connectivity index (χ3n) is 7.08. The molecule has 0 atom stereocenters. The Labute approximate surface area is 191 Å². The molecule has 3 aromatic carbocycles. The number of pyridine rings is 1. The standard InChI is InChI=1S/C28H25N3O2/c32-27(30-15-13-19(14-16-30)23-17-29-24-10-4-1-7-20(23)24)18-31-25-11-5-2-8-21(25)28(33)22-9-3-6-12-26(22)31/h1-12,17,19,29H,13-16,18H2. The Bertz CT molecular complexity index is 1490. The van der Waals surface area contributed by atoms with Crippen LogP contribution < -0.4 is 5.43 Å². The molecule has 1 amide bonds. The summed E-state index contributed by atoms with van der Waals surface area (Å²) in [6, 6.07) is 23.6. The van der Waals surface area contributed by atoms with E-state index in [0.717, 1.165) is 37.0 Å². The lowest BCUT2D eigenvalue weighted by molar-refractivity contribution is -0.132. The summed E-state index contributed by atoms with van der Waals surface area (Å²) in [7, 11) is 0. The SMILES string of the molecule is O=C(Cn1c2ccccc2c(=O)c2ccccc21)N1CCC(c2c[nH]c3ccccc23)CC1. The van der Waals surface area contributed by atoms with Crippen molar-refractivity contribution in [2.45, 2.75) is 25.3 Å². The zero-order valence-electron chi connectivity index (χ0n) is 18.3. The molecule has 1 saturated heterocycles. The molecule has 33 heavy (non-hydrogen) atoms. The van der Waals surface area contributed by atoms with Crippen molar-refractivity contribution in [3.63, 3.8) is 0 Å². The summed E-state index contributed by atoms with van der Waals surface area (Å²) in [6.45, 7) is 1.73. The highest BCUT2D eigenvalue weighted by molar-refractivity contribution is 5.95. The Hall–Kier alpha value is -3.86. The maximum Gasteiger partial charge on any atom is 0.242 e. The molecular formula is C28H25N3O2. The number of piperidine rings is 1. The molecule has 0 unspecified atom stereocenters. The van der Waals surface area contributed by atoms with E-state index >= 15 is 0 Å². The molecule has 6 rings (SSSR count). The van der Waals surface area contributed by atoms with E-state index in [1.165, 1.54) is 16.5 Å². The number of hydrogen-bond donors (Lipinski definition) is 1. The van der Waals surface area contributed by atoms with Gasteiger partial charge in [-0.3, -0.25) is 9.59 Å². The molecule has 0 spiro atoms. The van der Waals surface area contributed by atoms with Gasteiger partial charge in [0.15, 0.2) is 5.43 Å². The lowest BCUT2D eigenvalue weighted by Gasteiger charge is -2.32. The maximum atomic E-state index is 13.4. The van der Waals surface area contributed by atoms with Crippen LogP contribution in [0, 0.1) is 0 Å². The minimum atomic E-state index is 0.0180. The summed E-state index contributed by atoms with van der Waals surface area (Å²) in [5, 5.41) is 2.59. The Balaban J connectivity index is 1.26. The van der Waals surface area contributed by atoms with Gasteiger partial charge in [-0.1, -0.05) is 42.5 Å². The van der Waals surface area contributed by atoms with E-state index in [-0.39, 0.29) is 17.9 Å². The predicted octanol–water partition coefficient (Wildman–Crippen LogP) is 5.04. The first-order valence-corrected chi connectivity index (χ1v) is 11.5. The number of fused-ring (bicyclic) bond motifs is 3. The molecule has 1 fully saturated rings. The van der Waals surface area contributed by atoms with Crippen molar-refractivity contribution in [1.29, 1.82) is 0 Å². The summed E-state index contributed by atoms with van der Waals surface area (Å²) in [4.78, 5) is 31.7. The molecule has 1 aliphatic rings. The number of aromatic amines is 1. The van der Waals surface area contributed by atoms with Gasteiger partial charge in [-0.2, -0.15) is 0 Å². The monoisotopic (exact) mass is 435 g/mol. The van der Waals surface area contributed by atoms with E-state index in [9.17, 15) is 9.59 Å². The van der Waals surface area contributed by atoms with Gasteiger partial charge >= 0.3 is 0 Å². The van der Waals surface area contributed by atoms with Gasteiger partial charge in [0, 0.05) is 41.0 Å². The van der Waals surface area contributed by atoms with Gasteiger partial charge < -0.3 is 14.5 Å². The van der Waals surface area contributed by atoms with Crippen molar-refractivity contribution in [1.82, 2.24) is 14.5 Å². The first-order valence-electron chi connectivity index (χ1n) is 11.5. The lowest BCUT2D eigenvalue weighted by Crippen LogP contribution is -2.40. The van der Waals surface area contributed by atoms with Crippen molar-refractivity contribution in [3.05, 3.63) is 94.8 Å². The fraction of sp³-hybridized carbons (Fsp3) is 0.214. The van der Waals surface area contributed by atoms with E-state index in [2.05, 4.69) is 29.4 Å². The number of para-hydroxylation sites is 3. The number of likely N-dealkylation sites (tertiary alicyclic amines) is 1. The molecule has 1 aliphatic heterocycles. The topological polar surface area (TPSA) is 58.1 Å². The molecule has 5 heteroatoms. The number of carbonyl (C=O) groups is 1. The molecule has 0 bridgehead atoms. The van der Waals surface area contributed by atoms with Crippen LogP contribution in [-0.4, -0.2) is 33.4 Å². The van der Waals surface area contributed by atoms with E-state index in [0.29, 0.717) is 16.7 Å². The van der Waals surface area contributed by atoms with Gasteiger partial charge in [0.1, 0.15) is 6.54 Å². The Morgan fingerprint density at radius 2 is 1.39 bits per heavy atom. The predicted molar refractivity (Wildman–Crippen MR) is 133 cm³/mol. The quantitative estimate of drug-likeness (QED) is 0.404. The highest BCUT2D eigenvalue weighted by atomic mass is 16.2. The fourth-order valence-electron chi connectivity index (χ4n) is 5.35. The van der Waals surface area contributed by atoms with Crippen LogP contribution >= 0.6 is 0 Å². The summed E-state index contributed by atoms with van der Waals surface area (Å²) in [6.07, 6.45) is 4.05. The van der Waals surface area contributed by atoms with Crippen molar-refractivity contribution >= 4 is 38.6 Å². The van der Waals surface area contributed by atoms with Crippen molar-refractivity contribution in [3.8, 4) is 0 Å². The van der Waals surface area contributed by atoms with Gasteiger partial charge in [0.25, 0.3) is 0 Å². The molecule has 2 aromatic heterocycles. The number of rotatable bonds is 3. The number of hydrogen-bond acceptors (Lipinski definition) is 2. The number of aromatic nitrogens is 2. The first kappa shape index (κ1) is 19.8. The van der Waals surface area contributed by atoms with Crippen LogP contribution in [0.5, 0.6) is 0 Å². The third kappa shape index (κ3) is 3.32. The molecule has 3 heterocycles. The Kier molecular flexibility index (Phi) is 4.75. The van der Waals surface area contributed by atoms with Crippen molar-refractivity contribution in [2.75, 3.05) is 13.1 Å². The number of benzene rings is 3. The van der Waals surface area contributed by atoms with Crippen LogP contribution in [0.3, 0.4) is 0 Å². The van der Waals surface area contributed by atoms with Gasteiger partial charge in [-0.15, -0.1) is 0 Å². The van der Waals surface area contributed by atoms with Crippen LogP contribution in [0.2, 0.25) is 0 Å². The van der Waals surface area contributed by atoms with Crippen LogP contribution in [0.4, 0.5) is 0 Å². The normalized spacial score (nSPS) is 15.0. The average Bonchev–Trinajstić information content (AvgIpc) is 3.31. The summed E-state index contributed by atoms with van der Waals surface area (Å²) >= 11 is 0. The second kappa shape index (κ2) is 7.93. The highest BCUT2D eigenvalue weighted by Crippen LogP contribution is 2.33. The number of nitrogens with zero attached hydrogens (tertiary/aromatic N) is 2. The zero-order valence-corrected chi connectivity index (χ0v) is 18.3. The smallest absolute Gasteiger partial charge is 0.242 e. The third-order valence-corrected chi connectivity index (χ3v) is 7.08. The zero-order chi connectivity index (χ0) is 22.4. The maximum absolute atomic E-state index is 13.4. The van der Waals surface area contributed by atoms with Crippen molar-refractivity contribution < 1.29 is 4.79 Å². The summed E-state index contributed by atoms with van der Waals surface area (Å²) in [5.74, 6) is 0.561. The molecule has 0 radical (unpaired) electrons. The second-order valence-electron chi connectivity index (χ2n) is 8.89. The highest BCUT2D eigenvalue weighted by Gasteiger charge is 2.26. The summed E-state index contributed by atoms with van der Waals surface area (Å²) in [5.41, 5.74) is 4.16.